The Morgan fingerprint density at radius 1 is 1.33 bits per heavy atom. The molecule has 1 rings (SSSR count). The first-order valence-corrected chi connectivity index (χ1v) is 8.04. The first kappa shape index (κ1) is 17.9. The summed E-state index contributed by atoms with van der Waals surface area (Å²) in [6.45, 7) is 5.95. The molecular weight excluding hydrogens is 336 g/mol. The zero-order valence-corrected chi connectivity index (χ0v) is 14.2. The van der Waals surface area contributed by atoms with Crippen LogP contribution in [-0.4, -0.2) is 29.7 Å². The summed E-state index contributed by atoms with van der Waals surface area (Å²) in [6.07, 6.45) is 2.62. The molecule has 0 saturated carbocycles. The Kier molecular flexibility index (Phi) is 7.67. The van der Waals surface area contributed by atoms with E-state index >= 15 is 0 Å². The van der Waals surface area contributed by atoms with E-state index in [1.807, 2.05) is 6.07 Å². The van der Waals surface area contributed by atoms with Crippen molar-refractivity contribution in [3.8, 4) is 0 Å². The van der Waals surface area contributed by atoms with Gasteiger partial charge in [-0.1, -0.05) is 29.8 Å². The van der Waals surface area contributed by atoms with E-state index in [1.54, 1.807) is 12.1 Å². The second-order valence-electron chi connectivity index (χ2n) is 5.51. The Morgan fingerprint density at radius 2 is 2.05 bits per heavy atom. The van der Waals surface area contributed by atoms with Crippen LogP contribution in [0.1, 0.15) is 33.1 Å². The van der Waals surface area contributed by atoms with Crippen molar-refractivity contribution in [1.29, 1.82) is 0 Å². The number of aliphatic hydroxyl groups excluding tert-OH is 1. The molecule has 0 unspecified atom stereocenters. The number of hydrogen-bond donors (Lipinski definition) is 1. The summed E-state index contributed by atoms with van der Waals surface area (Å²) in [4.78, 5) is 13.0. The number of hydrogen-bond acceptors (Lipinski definition) is 4. The fourth-order valence-electron chi connectivity index (χ4n) is 2.25. The van der Waals surface area contributed by atoms with Gasteiger partial charge in [-0.3, -0.25) is 10.1 Å². The standard InChI is InChI=1S/C15H23BrN2O3/c1-12(2)11-17(8-4-3-5-9-19)14-7-6-13(16)10-15(14)18(20)21/h6-7,10,12,19H,3-5,8-9,11H2,1-2H3. The molecule has 1 N–H and O–H groups in total. The van der Waals surface area contributed by atoms with Gasteiger partial charge in [-0.15, -0.1) is 0 Å². The van der Waals surface area contributed by atoms with Crippen molar-refractivity contribution in [2.24, 2.45) is 5.92 Å². The lowest BCUT2D eigenvalue weighted by atomic mass is 10.1. The van der Waals surface area contributed by atoms with Crippen LogP contribution < -0.4 is 4.90 Å². The largest absolute Gasteiger partial charge is 0.396 e. The van der Waals surface area contributed by atoms with Crippen LogP contribution in [0.4, 0.5) is 11.4 Å². The van der Waals surface area contributed by atoms with E-state index in [1.165, 1.54) is 0 Å². The topological polar surface area (TPSA) is 66.6 Å². The van der Waals surface area contributed by atoms with E-state index in [2.05, 4.69) is 34.7 Å². The normalized spacial score (nSPS) is 10.9. The number of benzene rings is 1. The Labute approximate surface area is 134 Å². The molecule has 118 valence electrons. The third-order valence-electron chi connectivity index (χ3n) is 3.15. The highest BCUT2D eigenvalue weighted by atomic mass is 79.9. The average molecular weight is 359 g/mol. The predicted molar refractivity (Wildman–Crippen MR) is 88.8 cm³/mol. The minimum atomic E-state index is -0.332. The molecule has 0 spiro atoms. The fraction of sp³-hybridized carbons (Fsp3) is 0.600. The van der Waals surface area contributed by atoms with E-state index in [0.29, 0.717) is 16.1 Å². The number of rotatable bonds is 9. The van der Waals surface area contributed by atoms with E-state index < -0.39 is 0 Å². The van der Waals surface area contributed by atoms with Gasteiger partial charge in [0.05, 0.1) is 4.92 Å². The summed E-state index contributed by atoms with van der Waals surface area (Å²) in [7, 11) is 0. The quantitative estimate of drug-likeness (QED) is 0.411. The summed E-state index contributed by atoms with van der Waals surface area (Å²) in [5.74, 6) is 0.422. The van der Waals surface area contributed by atoms with Crippen molar-refractivity contribution in [2.45, 2.75) is 33.1 Å². The summed E-state index contributed by atoms with van der Waals surface area (Å²) >= 11 is 3.29. The molecule has 0 saturated heterocycles. The molecule has 0 bridgehead atoms. The summed E-state index contributed by atoms with van der Waals surface area (Å²) in [5.41, 5.74) is 0.799. The minimum absolute atomic E-state index is 0.132. The number of nitrogens with zero attached hydrogens (tertiary/aromatic N) is 2. The van der Waals surface area contributed by atoms with Gasteiger partial charge >= 0.3 is 0 Å². The van der Waals surface area contributed by atoms with Crippen molar-refractivity contribution in [3.63, 3.8) is 0 Å². The summed E-state index contributed by atoms with van der Waals surface area (Å²) < 4.78 is 0.711. The van der Waals surface area contributed by atoms with Crippen molar-refractivity contribution in [3.05, 3.63) is 32.8 Å². The fourth-order valence-corrected chi connectivity index (χ4v) is 2.60. The van der Waals surface area contributed by atoms with Gasteiger partial charge in [-0.25, -0.2) is 0 Å². The number of unbranched alkanes of at least 4 members (excludes halogenated alkanes) is 2. The van der Waals surface area contributed by atoms with Crippen LogP contribution >= 0.6 is 15.9 Å². The van der Waals surface area contributed by atoms with Crippen molar-refractivity contribution in [1.82, 2.24) is 0 Å². The van der Waals surface area contributed by atoms with E-state index in [4.69, 9.17) is 5.11 Å². The summed E-state index contributed by atoms with van der Waals surface area (Å²) in [6, 6.07) is 5.19. The highest BCUT2D eigenvalue weighted by Gasteiger charge is 2.20. The maximum atomic E-state index is 11.3. The molecule has 0 aromatic heterocycles. The molecule has 5 nitrogen and oxygen atoms in total. The SMILES string of the molecule is CC(C)CN(CCCCCO)c1ccc(Br)cc1[N+](=O)[O-]. The number of anilines is 1. The molecule has 1 aromatic carbocycles. The molecule has 0 heterocycles. The average Bonchev–Trinajstić information content (AvgIpc) is 2.41. The first-order chi connectivity index (χ1) is 9.95. The molecule has 21 heavy (non-hydrogen) atoms. The Balaban J connectivity index is 2.93. The third kappa shape index (κ3) is 6.01. The van der Waals surface area contributed by atoms with Gasteiger partial charge in [-0.2, -0.15) is 0 Å². The van der Waals surface area contributed by atoms with Crippen LogP contribution in [0.3, 0.4) is 0 Å². The zero-order valence-electron chi connectivity index (χ0n) is 12.6. The van der Waals surface area contributed by atoms with Gasteiger partial charge in [0, 0.05) is 30.2 Å². The smallest absolute Gasteiger partial charge is 0.293 e. The lowest BCUT2D eigenvalue weighted by molar-refractivity contribution is -0.384. The Bertz CT molecular complexity index is 466. The maximum absolute atomic E-state index is 11.3. The van der Waals surface area contributed by atoms with Crippen molar-refractivity contribution < 1.29 is 10.0 Å². The Morgan fingerprint density at radius 3 is 2.62 bits per heavy atom. The van der Waals surface area contributed by atoms with Gasteiger partial charge in [0.1, 0.15) is 5.69 Å². The van der Waals surface area contributed by atoms with Crippen molar-refractivity contribution >= 4 is 27.3 Å². The molecule has 0 aliphatic carbocycles. The molecule has 1 aromatic rings. The lowest BCUT2D eigenvalue weighted by Gasteiger charge is -2.26. The lowest BCUT2D eigenvalue weighted by Crippen LogP contribution is -2.29. The molecule has 0 aliphatic heterocycles. The predicted octanol–water partition coefficient (Wildman–Crippen LogP) is 3.98. The van der Waals surface area contributed by atoms with Crippen molar-refractivity contribution in [2.75, 3.05) is 24.6 Å². The second-order valence-corrected chi connectivity index (χ2v) is 6.43. The molecule has 0 fully saturated rings. The van der Waals surface area contributed by atoms with E-state index in [0.717, 1.165) is 32.4 Å². The first-order valence-electron chi connectivity index (χ1n) is 7.25. The molecular formula is C15H23BrN2O3. The van der Waals surface area contributed by atoms with Gasteiger partial charge in [0.15, 0.2) is 0 Å². The van der Waals surface area contributed by atoms with Crippen LogP contribution in [0, 0.1) is 16.0 Å². The molecule has 0 amide bonds. The molecule has 0 atom stereocenters. The summed E-state index contributed by atoms with van der Waals surface area (Å²) in [5, 5.41) is 20.1. The Hall–Kier alpha value is -1.14. The highest BCUT2D eigenvalue weighted by molar-refractivity contribution is 9.10. The number of aliphatic hydroxyl groups is 1. The minimum Gasteiger partial charge on any atom is -0.396 e. The monoisotopic (exact) mass is 358 g/mol. The van der Waals surface area contributed by atoms with Gasteiger partial charge in [-0.05, 0) is 37.3 Å². The van der Waals surface area contributed by atoms with Crippen LogP contribution in [0.2, 0.25) is 0 Å². The van der Waals surface area contributed by atoms with Gasteiger partial charge < -0.3 is 10.0 Å². The van der Waals surface area contributed by atoms with Crippen LogP contribution in [0.15, 0.2) is 22.7 Å². The van der Waals surface area contributed by atoms with E-state index in [9.17, 15) is 10.1 Å². The van der Waals surface area contributed by atoms with Crippen LogP contribution in [0.5, 0.6) is 0 Å². The third-order valence-corrected chi connectivity index (χ3v) is 3.64. The maximum Gasteiger partial charge on any atom is 0.293 e. The number of halogens is 1. The molecule has 0 radical (unpaired) electrons. The molecule has 0 aliphatic rings. The molecule has 6 heteroatoms. The van der Waals surface area contributed by atoms with Crippen LogP contribution in [0.25, 0.3) is 0 Å². The highest BCUT2D eigenvalue weighted by Crippen LogP contribution is 2.32. The number of nitro groups is 1. The second kappa shape index (κ2) is 9.00. The van der Waals surface area contributed by atoms with Gasteiger partial charge in [0.25, 0.3) is 5.69 Å². The van der Waals surface area contributed by atoms with E-state index in [-0.39, 0.29) is 17.2 Å². The van der Waals surface area contributed by atoms with Crippen LogP contribution in [-0.2, 0) is 0 Å². The zero-order chi connectivity index (χ0) is 15.8. The number of nitro benzene ring substituents is 1. The van der Waals surface area contributed by atoms with Gasteiger partial charge in [0.2, 0.25) is 0 Å².